The molecule has 0 unspecified atom stereocenters. The van der Waals surface area contributed by atoms with Crippen molar-refractivity contribution in [1.82, 2.24) is 0 Å². The van der Waals surface area contributed by atoms with E-state index in [1.54, 1.807) is 0 Å². The van der Waals surface area contributed by atoms with Crippen LogP contribution in [0.3, 0.4) is 0 Å². The number of ketones is 1. The fourth-order valence-electron chi connectivity index (χ4n) is 2.93. The molecule has 1 aliphatic rings. The topological polar surface area (TPSA) is 97.5 Å². The minimum absolute atomic E-state index is 0.126. The molecule has 0 aliphatic heterocycles. The van der Waals surface area contributed by atoms with Gasteiger partial charge >= 0.3 is 5.97 Å². The number of hydrogen-bond donors (Lipinski definition) is 1. The minimum atomic E-state index is -0.855. The van der Waals surface area contributed by atoms with Crippen LogP contribution < -0.4 is 0 Å². The van der Waals surface area contributed by atoms with Crippen LogP contribution in [0, 0.1) is 22.0 Å². The number of Topliss-reactive ketones (excluding diaryl/α,β-unsaturated/α-hetero) is 1. The molecule has 0 bridgehead atoms. The van der Waals surface area contributed by atoms with Crippen molar-refractivity contribution in [3.8, 4) is 0 Å². The van der Waals surface area contributed by atoms with Crippen LogP contribution in [0.1, 0.15) is 42.5 Å². The fourth-order valence-corrected chi connectivity index (χ4v) is 2.93. The third-order valence-electron chi connectivity index (χ3n) is 4.05. The average molecular weight is 291 g/mol. The van der Waals surface area contributed by atoms with Crippen molar-refractivity contribution in [3.05, 3.63) is 39.9 Å². The lowest BCUT2D eigenvalue weighted by molar-refractivity contribution is -0.384. The van der Waals surface area contributed by atoms with Crippen molar-refractivity contribution in [2.75, 3.05) is 0 Å². The predicted octanol–water partition coefficient (Wildman–Crippen LogP) is 3.06. The Morgan fingerprint density at radius 2 is 2.00 bits per heavy atom. The Kier molecular flexibility index (Phi) is 4.67. The van der Waals surface area contributed by atoms with Crippen molar-refractivity contribution in [2.45, 2.75) is 32.1 Å². The maximum absolute atomic E-state index is 12.2. The van der Waals surface area contributed by atoms with Gasteiger partial charge in [0.25, 0.3) is 5.69 Å². The molecule has 1 fully saturated rings. The molecule has 1 aromatic carbocycles. The zero-order valence-electron chi connectivity index (χ0n) is 11.5. The zero-order valence-corrected chi connectivity index (χ0v) is 11.5. The third-order valence-corrected chi connectivity index (χ3v) is 4.05. The molecule has 1 N–H and O–H groups in total. The van der Waals surface area contributed by atoms with E-state index in [4.69, 9.17) is 0 Å². The van der Waals surface area contributed by atoms with Crippen LogP contribution in [-0.2, 0) is 4.79 Å². The highest BCUT2D eigenvalue weighted by Crippen LogP contribution is 2.33. The molecule has 0 aromatic heterocycles. The molecule has 1 aliphatic carbocycles. The molecule has 0 amide bonds. The fraction of sp³-hybridized carbons (Fsp3) is 0.467. The molecule has 0 radical (unpaired) electrons. The van der Waals surface area contributed by atoms with E-state index in [2.05, 4.69) is 0 Å². The summed E-state index contributed by atoms with van der Waals surface area (Å²) < 4.78 is 0. The second-order valence-corrected chi connectivity index (χ2v) is 5.42. The predicted molar refractivity (Wildman–Crippen MR) is 75.1 cm³/mol. The number of hydrogen-bond acceptors (Lipinski definition) is 4. The summed E-state index contributed by atoms with van der Waals surface area (Å²) in [6.45, 7) is 0. The Morgan fingerprint density at radius 3 is 2.67 bits per heavy atom. The Bertz CT molecular complexity index is 569. The van der Waals surface area contributed by atoms with Gasteiger partial charge < -0.3 is 5.11 Å². The van der Waals surface area contributed by atoms with Gasteiger partial charge in [-0.05, 0) is 18.8 Å². The van der Waals surface area contributed by atoms with E-state index in [1.165, 1.54) is 24.3 Å². The first-order valence-corrected chi connectivity index (χ1v) is 6.99. The summed E-state index contributed by atoms with van der Waals surface area (Å²) in [5.74, 6) is -1.74. The van der Waals surface area contributed by atoms with E-state index in [0.717, 1.165) is 19.3 Å². The molecule has 21 heavy (non-hydrogen) atoms. The summed E-state index contributed by atoms with van der Waals surface area (Å²) in [6, 6.07) is 5.59. The van der Waals surface area contributed by atoms with Gasteiger partial charge in [-0.3, -0.25) is 19.7 Å². The second kappa shape index (κ2) is 6.47. The molecular weight excluding hydrogens is 274 g/mol. The number of benzene rings is 1. The quantitative estimate of drug-likeness (QED) is 0.510. The number of carboxylic acid groups (broad SMARTS) is 1. The van der Waals surface area contributed by atoms with E-state index in [9.17, 15) is 24.8 Å². The number of nitrogens with zero attached hydrogens (tertiary/aromatic N) is 1. The van der Waals surface area contributed by atoms with Gasteiger partial charge in [-0.25, -0.2) is 0 Å². The van der Waals surface area contributed by atoms with E-state index in [0.29, 0.717) is 6.42 Å². The molecule has 1 saturated carbocycles. The first-order chi connectivity index (χ1) is 9.99. The lowest BCUT2D eigenvalue weighted by Crippen LogP contribution is -2.28. The van der Waals surface area contributed by atoms with Crippen LogP contribution >= 0.6 is 0 Å². The average Bonchev–Trinajstić information content (AvgIpc) is 2.47. The second-order valence-electron chi connectivity index (χ2n) is 5.42. The van der Waals surface area contributed by atoms with Crippen LogP contribution in [0.2, 0.25) is 0 Å². The van der Waals surface area contributed by atoms with Crippen LogP contribution in [0.25, 0.3) is 0 Å². The molecule has 1 aromatic rings. The molecule has 2 atom stereocenters. The van der Waals surface area contributed by atoms with Crippen molar-refractivity contribution in [2.24, 2.45) is 11.8 Å². The monoisotopic (exact) mass is 291 g/mol. The van der Waals surface area contributed by atoms with Gasteiger partial charge in [0.1, 0.15) is 0 Å². The summed E-state index contributed by atoms with van der Waals surface area (Å²) in [5, 5.41) is 19.9. The summed E-state index contributed by atoms with van der Waals surface area (Å²) in [7, 11) is 0. The molecule has 0 heterocycles. The largest absolute Gasteiger partial charge is 0.481 e. The first-order valence-electron chi connectivity index (χ1n) is 6.99. The lowest BCUT2D eigenvalue weighted by atomic mass is 9.76. The number of nitro benzene ring substituents is 1. The lowest BCUT2D eigenvalue weighted by Gasteiger charge is -2.27. The van der Waals surface area contributed by atoms with Crippen LogP contribution in [0.4, 0.5) is 5.69 Å². The number of carbonyl (C=O) groups is 2. The van der Waals surface area contributed by atoms with E-state index >= 15 is 0 Å². The van der Waals surface area contributed by atoms with Gasteiger partial charge in [0.2, 0.25) is 0 Å². The smallest absolute Gasteiger partial charge is 0.306 e. The highest BCUT2D eigenvalue weighted by molar-refractivity contribution is 5.97. The number of carboxylic acids is 1. The molecule has 112 valence electrons. The number of nitro groups is 1. The van der Waals surface area contributed by atoms with Crippen LogP contribution in [0.5, 0.6) is 0 Å². The van der Waals surface area contributed by atoms with Crippen molar-refractivity contribution in [3.63, 3.8) is 0 Å². The van der Waals surface area contributed by atoms with Gasteiger partial charge in [-0.1, -0.05) is 25.0 Å². The van der Waals surface area contributed by atoms with Gasteiger partial charge in [0.05, 0.1) is 10.8 Å². The van der Waals surface area contributed by atoms with Crippen molar-refractivity contribution < 1.29 is 19.6 Å². The molecular formula is C15H17NO5. The Hall–Kier alpha value is -2.24. The minimum Gasteiger partial charge on any atom is -0.481 e. The number of rotatable bonds is 5. The molecule has 2 rings (SSSR count). The van der Waals surface area contributed by atoms with E-state index in [-0.39, 0.29) is 29.4 Å². The standard InChI is InChI=1S/C15H17NO5/c17-14(11-5-3-6-12(8-11)16(20)21)9-10-4-1-2-7-13(10)15(18)19/h3,5-6,8,10,13H,1-2,4,7,9H2,(H,18,19)/t10-,13-/m0/s1. The Labute approximate surface area is 121 Å². The summed E-state index contributed by atoms with van der Waals surface area (Å²) in [5.41, 5.74) is 0.151. The number of carbonyl (C=O) groups excluding carboxylic acids is 1. The molecule has 6 nitrogen and oxygen atoms in total. The van der Waals surface area contributed by atoms with Crippen LogP contribution in [0.15, 0.2) is 24.3 Å². The highest BCUT2D eigenvalue weighted by Gasteiger charge is 2.32. The molecule has 0 saturated heterocycles. The summed E-state index contributed by atoms with van der Waals surface area (Å²) in [4.78, 5) is 33.6. The zero-order chi connectivity index (χ0) is 15.4. The Balaban J connectivity index is 2.11. The van der Waals surface area contributed by atoms with Crippen LogP contribution in [-0.4, -0.2) is 21.8 Å². The Morgan fingerprint density at radius 1 is 1.29 bits per heavy atom. The highest BCUT2D eigenvalue weighted by atomic mass is 16.6. The molecule has 6 heteroatoms. The van der Waals surface area contributed by atoms with Gasteiger partial charge in [-0.15, -0.1) is 0 Å². The van der Waals surface area contributed by atoms with E-state index < -0.39 is 16.8 Å². The van der Waals surface area contributed by atoms with Gasteiger partial charge in [-0.2, -0.15) is 0 Å². The van der Waals surface area contributed by atoms with Crippen molar-refractivity contribution >= 4 is 17.4 Å². The summed E-state index contributed by atoms with van der Waals surface area (Å²) in [6.07, 6.45) is 3.26. The van der Waals surface area contributed by atoms with Gasteiger partial charge in [0.15, 0.2) is 5.78 Å². The number of non-ortho nitro benzene ring substituents is 1. The SMILES string of the molecule is O=C(C[C@@H]1CCCC[C@@H]1C(=O)O)c1cccc([N+](=O)[O-])c1. The maximum atomic E-state index is 12.2. The third kappa shape index (κ3) is 3.65. The summed E-state index contributed by atoms with van der Waals surface area (Å²) >= 11 is 0. The molecule has 0 spiro atoms. The van der Waals surface area contributed by atoms with Crippen molar-refractivity contribution in [1.29, 1.82) is 0 Å². The first kappa shape index (κ1) is 15.2. The van der Waals surface area contributed by atoms with Gasteiger partial charge in [0, 0.05) is 24.1 Å². The normalized spacial score (nSPS) is 21.7. The van der Waals surface area contributed by atoms with E-state index in [1.807, 2.05) is 0 Å². The maximum Gasteiger partial charge on any atom is 0.306 e. The number of aliphatic carboxylic acids is 1.